The molecule has 2 aromatic heterocycles. The van der Waals surface area contributed by atoms with Crippen LogP contribution in [0.1, 0.15) is 0 Å². The maximum atomic E-state index is 12.3. The summed E-state index contributed by atoms with van der Waals surface area (Å²) in [5.41, 5.74) is 2.65. The molecule has 2 aliphatic heterocycles. The average Bonchev–Trinajstić information content (AvgIpc) is 3.54. The van der Waals surface area contributed by atoms with Crippen LogP contribution in [0.25, 0.3) is 11.1 Å². The maximum Gasteiger partial charge on any atom is 0.414 e. The fourth-order valence-electron chi connectivity index (χ4n) is 3.60. The zero-order chi connectivity index (χ0) is 21.2. The summed E-state index contributed by atoms with van der Waals surface area (Å²) < 4.78 is 10.2. The standard InChI is InChI=1S/C21H20N6O4/c28-20-22-8-9-26(20)19-6-3-15(11-24-19)14-1-4-16(5-2-14)27-13-17(31-21(27)29)12-23-18-7-10-30-25-18/h1-7,10-11,17H,8-9,12-13H2,(H,22,28)(H,23,25). The van der Waals surface area contributed by atoms with Crippen LogP contribution in [-0.2, 0) is 4.74 Å². The number of amides is 3. The first-order valence-corrected chi connectivity index (χ1v) is 9.91. The van der Waals surface area contributed by atoms with Crippen LogP contribution in [-0.4, -0.2) is 54.5 Å². The van der Waals surface area contributed by atoms with Gasteiger partial charge >= 0.3 is 12.1 Å². The van der Waals surface area contributed by atoms with Crippen molar-refractivity contribution in [3.8, 4) is 11.1 Å². The number of carbonyl (C=O) groups excluding carboxylic acids is 2. The normalized spacial score (nSPS) is 18.3. The van der Waals surface area contributed by atoms with Gasteiger partial charge in [0.05, 0.1) is 13.1 Å². The molecule has 0 bridgehead atoms. The fourth-order valence-corrected chi connectivity index (χ4v) is 3.60. The lowest BCUT2D eigenvalue weighted by atomic mass is 10.1. The predicted octanol–water partition coefficient (Wildman–Crippen LogP) is 2.70. The molecule has 1 atom stereocenters. The van der Waals surface area contributed by atoms with Crippen LogP contribution in [0.4, 0.5) is 26.9 Å². The molecule has 3 amide bonds. The van der Waals surface area contributed by atoms with Crippen LogP contribution in [0.5, 0.6) is 0 Å². The topological polar surface area (TPSA) is 113 Å². The van der Waals surface area contributed by atoms with Crippen LogP contribution >= 0.6 is 0 Å². The van der Waals surface area contributed by atoms with Gasteiger partial charge in [0.25, 0.3) is 0 Å². The first-order valence-electron chi connectivity index (χ1n) is 9.91. The molecule has 2 aliphatic rings. The second-order valence-electron chi connectivity index (χ2n) is 7.22. The Morgan fingerprint density at radius 2 is 1.90 bits per heavy atom. The molecule has 0 radical (unpaired) electrons. The van der Waals surface area contributed by atoms with Crippen molar-refractivity contribution in [2.24, 2.45) is 0 Å². The number of pyridine rings is 1. The second-order valence-corrected chi connectivity index (χ2v) is 7.22. The number of urea groups is 1. The van der Waals surface area contributed by atoms with Gasteiger partial charge in [0, 0.05) is 36.6 Å². The van der Waals surface area contributed by atoms with Gasteiger partial charge in [-0.2, -0.15) is 0 Å². The summed E-state index contributed by atoms with van der Waals surface area (Å²) in [4.78, 5) is 31.7. The van der Waals surface area contributed by atoms with E-state index >= 15 is 0 Å². The summed E-state index contributed by atoms with van der Waals surface area (Å²) in [7, 11) is 0. The van der Waals surface area contributed by atoms with Crippen molar-refractivity contribution < 1.29 is 18.8 Å². The minimum absolute atomic E-state index is 0.128. The third-order valence-corrected chi connectivity index (χ3v) is 5.22. The van der Waals surface area contributed by atoms with Gasteiger partial charge < -0.3 is 19.9 Å². The van der Waals surface area contributed by atoms with Crippen molar-refractivity contribution in [1.82, 2.24) is 15.5 Å². The van der Waals surface area contributed by atoms with Gasteiger partial charge in [-0.05, 0) is 29.8 Å². The summed E-state index contributed by atoms with van der Waals surface area (Å²) in [5, 5.41) is 9.61. The highest BCUT2D eigenvalue weighted by molar-refractivity contribution is 5.93. The molecule has 4 heterocycles. The summed E-state index contributed by atoms with van der Waals surface area (Å²) in [6.45, 7) is 2.12. The summed E-state index contributed by atoms with van der Waals surface area (Å²) >= 11 is 0. The lowest BCUT2D eigenvalue weighted by Gasteiger charge is -2.15. The molecule has 10 nitrogen and oxygen atoms in total. The van der Waals surface area contributed by atoms with Gasteiger partial charge in [0.1, 0.15) is 18.2 Å². The Morgan fingerprint density at radius 3 is 2.58 bits per heavy atom. The van der Waals surface area contributed by atoms with Crippen LogP contribution in [0.2, 0.25) is 0 Å². The van der Waals surface area contributed by atoms with Crippen molar-refractivity contribution in [2.45, 2.75) is 6.10 Å². The Bertz CT molecular complexity index is 1070. The van der Waals surface area contributed by atoms with Crippen LogP contribution in [0, 0.1) is 0 Å². The highest BCUT2D eigenvalue weighted by Gasteiger charge is 2.32. The summed E-state index contributed by atoms with van der Waals surface area (Å²) in [5.74, 6) is 1.23. The van der Waals surface area contributed by atoms with E-state index in [9.17, 15) is 9.59 Å². The van der Waals surface area contributed by atoms with Gasteiger partial charge in [-0.3, -0.25) is 9.80 Å². The molecule has 2 fully saturated rings. The molecule has 1 aromatic carbocycles. The van der Waals surface area contributed by atoms with E-state index in [1.165, 1.54) is 6.26 Å². The van der Waals surface area contributed by atoms with Gasteiger partial charge in [0.15, 0.2) is 5.82 Å². The van der Waals surface area contributed by atoms with E-state index in [4.69, 9.17) is 9.26 Å². The maximum absolute atomic E-state index is 12.3. The Labute approximate surface area is 177 Å². The quantitative estimate of drug-likeness (QED) is 0.630. The third kappa shape index (κ3) is 3.87. The first-order chi connectivity index (χ1) is 15.2. The van der Waals surface area contributed by atoms with E-state index in [0.29, 0.717) is 37.8 Å². The number of aromatic nitrogens is 2. The Balaban J connectivity index is 1.23. The number of rotatable bonds is 6. The highest BCUT2D eigenvalue weighted by Crippen LogP contribution is 2.27. The molecular weight excluding hydrogens is 400 g/mol. The van der Waals surface area contributed by atoms with E-state index in [1.54, 1.807) is 22.1 Å². The number of anilines is 3. The molecule has 31 heavy (non-hydrogen) atoms. The summed E-state index contributed by atoms with van der Waals surface area (Å²) in [6.07, 6.45) is 2.55. The van der Waals surface area contributed by atoms with Gasteiger partial charge in [-0.15, -0.1) is 0 Å². The van der Waals surface area contributed by atoms with Crippen LogP contribution in [0.3, 0.4) is 0 Å². The number of cyclic esters (lactones) is 1. The van der Waals surface area contributed by atoms with Crippen molar-refractivity contribution in [3.63, 3.8) is 0 Å². The van der Waals surface area contributed by atoms with E-state index in [1.807, 2.05) is 36.4 Å². The van der Waals surface area contributed by atoms with Gasteiger partial charge in [0.2, 0.25) is 0 Å². The predicted molar refractivity (Wildman–Crippen MR) is 113 cm³/mol. The Hall–Kier alpha value is -4.08. The van der Waals surface area contributed by atoms with Crippen molar-refractivity contribution in [2.75, 3.05) is 41.3 Å². The van der Waals surface area contributed by atoms with Crippen molar-refractivity contribution >= 4 is 29.4 Å². The molecule has 10 heteroatoms. The third-order valence-electron chi connectivity index (χ3n) is 5.22. The molecule has 1 unspecified atom stereocenters. The van der Waals surface area contributed by atoms with E-state index < -0.39 is 0 Å². The number of benzene rings is 1. The smallest absolute Gasteiger partial charge is 0.414 e. The van der Waals surface area contributed by atoms with Gasteiger partial charge in [-0.25, -0.2) is 14.6 Å². The van der Waals surface area contributed by atoms with Crippen molar-refractivity contribution in [3.05, 3.63) is 54.9 Å². The largest absolute Gasteiger partial charge is 0.442 e. The molecular formula is C21H20N6O4. The second kappa shape index (κ2) is 7.98. The molecule has 2 N–H and O–H groups in total. The highest BCUT2D eigenvalue weighted by atomic mass is 16.6. The number of nitrogens with one attached hydrogen (secondary N) is 2. The molecule has 0 spiro atoms. The van der Waals surface area contributed by atoms with Crippen molar-refractivity contribution in [1.29, 1.82) is 0 Å². The monoisotopic (exact) mass is 420 g/mol. The molecule has 0 saturated carbocycles. The molecule has 3 aromatic rings. The van der Waals surface area contributed by atoms with E-state index in [2.05, 4.69) is 20.8 Å². The fraction of sp³-hybridized carbons (Fsp3) is 0.238. The van der Waals surface area contributed by atoms with Gasteiger partial charge in [-0.1, -0.05) is 17.3 Å². The minimum Gasteiger partial charge on any atom is -0.442 e. The zero-order valence-electron chi connectivity index (χ0n) is 16.5. The molecule has 0 aliphatic carbocycles. The Morgan fingerprint density at radius 1 is 1.06 bits per heavy atom. The molecule has 5 rings (SSSR count). The van der Waals surface area contributed by atoms with Crippen LogP contribution < -0.4 is 20.4 Å². The van der Waals surface area contributed by atoms with E-state index in [-0.39, 0.29) is 18.2 Å². The number of hydrogen-bond donors (Lipinski definition) is 2. The number of carbonyl (C=O) groups is 2. The minimum atomic E-state index is -0.380. The number of nitrogens with zero attached hydrogens (tertiary/aromatic N) is 4. The summed E-state index contributed by atoms with van der Waals surface area (Å²) in [6, 6.07) is 13.0. The lowest BCUT2D eigenvalue weighted by Crippen LogP contribution is -2.28. The molecule has 2 saturated heterocycles. The SMILES string of the molecule is O=C1OC(CNc2ccon2)CN1c1ccc(-c2ccc(N3CCNC3=O)nc2)cc1. The lowest BCUT2D eigenvalue weighted by molar-refractivity contribution is 0.147. The zero-order valence-corrected chi connectivity index (χ0v) is 16.5. The first kappa shape index (κ1) is 18.9. The van der Waals surface area contributed by atoms with Crippen LogP contribution in [0.15, 0.2) is 59.4 Å². The number of ether oxygens (including phenoxy) is 1. The average molecular weight is 420 g/mol. The van der Waals surface area contributed by atoms with E-state index in [0.717, 1.165) is 16.8 Å². The number of hydrogen-bond acceptors (Lipinski definition) is 7. The Kier molecular flexibility index (Phi) is 4.87. The molecule has 158 valence electrons.